The highest BCUT2D eigenvalue weighted by molar-refractivity contribution is 7.99. The molecular formula is C18H14N4O3S2. The average molecular weight is 398 g/mol. The molecule has 27 heavy (non-hydrogen) atoms. The van der Waals surface area contributed by atoms with Gasteiger partial charge in [-0.2, -0.15) is 0 Å². The number of nitrogens with zero attached hydrogens (tertiary/aromatic N) is 3. The molecule has 9 heteroatoms. The Balaban J connectivity index is 1.36. The van der Waals surface area contributed by atoms with Crippen molar-refractivity contribution < 1.29 is 14.3 Å². The third kappa shape index (κ3) is 4.09. The number of hydrogen-bond acceptors (Lipinski definition) is 8. The van der Waals surface area contributed by atoms with Crippen LogP contribution in [-0.4, -0.2) is 31.9 Å². The number of amides is 1. The van der Waals surface area contributed by atoms with E-state index < -0.39 is 0 Å². The highest BCUT2D eigenvalue weighted by atomic mass is 32.2. The number of carbonyl (C=O) groups excluding carboxylic acids is 1. The molecular weight excluding hydrogens is 384 g/mol. The van der Waals surface area contributed by atoms with E-state index in [2.05, 4.69) is 20.5 Å². The zero-order valence-electron chi connectivity index (χ0n) is 14.2. The van der Waals surface area contributed by atoms with Crippen molar-refractivity contribution >= 4 is 44.4 Å². The van der Waals surface area contributed by atoms with E-state index >= 15 is 0 Å². The summed E-state index contributed by atoms with van der Waals surface area (Å²) in [7, 11) is 0. The van der Waals surface area contributed by atoms with Crippen molar-refractivity contribution in [2.75, 3.05) is 11.1 Å². The maximum atomic E-state index is 12.2. The number of carbonyl (C=O) groups is 1. The number of fused-ring (bicyclic) bond motifs is 1. The number of rotatable bonds is 5. The molecule has 4 rings (SSSR count). The maximum Gasteiger partial charge on any atom is 0.277 e. The summed E-state index contributed by atoms with van der Waals surface area (Å²) in [6.45, 7) is 2.02. The van der Waals surface area contributed by atoms with Gasteiger partial charge >= 0.3 is 0 Å². The van der Waals surface area contributed by atoms with Gasteiger partial charge in [-0.15, -0.1) is 10.2 Å². The Morgan fingerprint density at radius 3 is 2.85 bits per heavy atom. The van der Waals surface area contributed by atoms with Crippen LogP contribution in [0, 0.1) is 6.92 Å². The number of benzene rings is 2. The standard InChI is InChI=1S/C18H14N4O3S2/c1-10-2-7-13-14(8-10)27-17(19-13)20-15(24)9-26-18-22-21-16(25-18)11-3-5-12(23)6-4-11/h2-8,23H,9H2,1H3,(H,19,20,24). The van der Waals surface area contributed by atoms with E-state index in [1.165, 1.54) is 11.3 Å². The van der Waals surface area contributed by atoms with Crippen LogP contribution < -0.4 is 5.32 Å². The summed E-state index contributed by atoms with van der Waals surface area (Å²) >= 11 is 2.59. The predicted molar refractivity (Wildman–Crippen MR) is 105 cm³/mol. The van der Waals surface area contributed by atoms with Gasteiger partial charge in [0.25, 0.3) is 5.22 Å². The highest BCUT2D eigenvalue weighted by Crippen LogP contribution is 2.28. The van der Waals surface area contributed by atoms with Crippen molar-refractivity contribution in [3.63, 3.8) is 0 Å². The molecule has 2 N–H and O–H groups in total. The first-order chi connectivity index (χ1) is 13.1. The van der Waals surface area contributed by atoms with Gasteiger partial charge < -0.3 is 14.8 Å². The molecule has 0 aliphatic rings. The molecule has 0 bridgehead atoms. The first-order valence-corrected chi connectivity index (χ1v) is 9.80. The van der Waals surface area contributed by atoms with Gasteiger partial charge in [0.15, 0.2) is 5.13 Å². The molecule has 0 spiro atoms. The summed E-state index contributed by atoms with van der Waals surface area (Å²) in [5.74, 6) is 0.431. The lowest BCUT2D eigenvalue weighted by atomic mass is 10.2. The van der Waals surface area contributed by atoms with Crippen molar-refractivity contribution in [1.29, 1.82) is 0 Å². The number of thiazole rings is 1. The Hall–Kier alpha value is -2.91. The fourth-order valence-corrected chi connectivity index (χ4v) is 3.90. The van der Waals surface area contributed by atoms with E-state index in [0.29, 0.717) is 21.8 Å². The third-order valence-electron chi connectivity index (χ3n) is 3.64. The fraction of sp³-hybridized carbons (Fsp3) is 0.111. The number of phenols is 1. The first kappa shape index (κ1) is 17.5. The van der Waals surface area contributed by atoms with Crippen LogP contribution >= 0.6 is 23.1 Å². The number of hydrogen-bond donors (Lipinski definition) is 2. The van der Waals surface area contributed by atoms with E-state index in [0.717, 1.165) is 27.5 Å². The van der Waals surface area contributed by atoms with Gasteiger partial charge in [-0.05, 0) is 48.9 Å². The predicted octanol–water partition coefficient (Wildman–Crippen LogP) is 4.09. The SMILES string of the molecule is Cc1ccc2nc(NC(=O)CSc3nnc(-c4ccc(O)cc4)o3)sc2c1. The molecule has 0 aliphatic carbocycles. The van der Waals surface area contributed by atoms with E-state index in [-0.39, 0.29) is 17.4 Å². The molecule has 7 nitrogen and oxygen atoms in total. The summed E-state index contributed by atoms with van der Waals surface area (Å²) in [6.07, 6.45) is 0. The number of phenolic OH excluding ortho intramolecular Hbond substituents is 1. The largest absolute Gasteiger partial charge is 0.508 e. The van der Waals surface area contributed by atoms with Crippen LogP contribution in [0.2, 0.25) is 0 Å². The minimum absolute atomic E-state index is 0.131. The molecule has 2 aromatic heterocycles. The maximum absolute atomic E-state index is 12.2. The van der Waals surface area contributed by atoms with Crippen LogP contribution in [0.1, 0.15) is 5.56 Å². The summed E-state index contributed by atoms with van der Waals surface area (Å²) < 4.78 is 6.57. The van der Waals surface area contributed by atoms with Gasteiger partial charge in [-0.1, -0.05) is 29.2 Å². The van der Waals surface area contributed by atoms with Gasteiger partial charge in [0.2, 0.25) is 11.8 Å². The number of aryl methyl sites for hydroxylation is 1. The summed E-state index contributed by atoms with van der Waals surface area (Å²) in [6, 6.07) is 12.4. The van der Waals surface area contributed by atoms with Crippen LogP contribution in [-0.2, 0) is 4.79 Å². The normalized spacial score (nSPS) is 11.0. The van der Waals surface area contributed by atoms with E-state index in [1.54, 1.807) is 24.3 Å². The lowest BCUT2D eigenvalue weighted by molar-refractivity contribution is -0.113. The van der Waals surface area contributed by atoms with E-state index in [4.69, 9.17) is 4.42 Å². The molecule has 0 fully saturated rings. The van der Waals surface area contributed by atoms with Crippen LogP contribution in [0.4, 0.5) is 5.13 Å². The zero-order chi connectivity index (χ0) is 18.8. The number of anilines is 1. The second-order valence-electron chi connectivity index (χ2n) is 5.75. The van der Waals surface area contributed by atoms with Crippen LogP contribution in [0.3, 0.4) is 0 Å². The molecule has 0 aliphatic heterocycles. The van der Waals surface area contributed by atoms with Crippen LogP contribution in [0.15, 0.2) is 52.1 Å². The quantitative estimate of drug-likeness (QED) is 0.488. The number of nitrogens with one attached hydrogen (secondary N) is 1. The molecule has 4 aromatic rings. The molecule has 0 unspecified atom stereocenters. The van der Waals surface area contributed by atoms with Gasteiger partial charge in [0.05, 0.1) is 16.0 Å². The molecule has 0 radical (unpaired) electrons. The first-order valence-electron chi connectivity index (χ1n) is 7.99. The minimum atomic E-state index is -0.194. The van der Waals surface area contributed by atoms with E-state index in [1.807, 2.05) is 25.1 Å². The molecule has 0 saturated carbocycles. The summed E-state index contributed by atoms with van der Waals surface area (Å²) in [5, 5.41) is 20.9. The molecule has 2 heterocycles. The summed E-state index contributed by atoms with van der Waals surface area (Å²) in [4.78, 5) is 16.6. The second kappa shape index (κ2) is 7.37. The molecule has 0 saturated heterocycles. The van der Waals surface area contributed by atoms with Crippen molar-refractivity contribution in [3.8, 4) is 17.2 Å². The van der Waals surface area contributed by atoms with Gasteiger partial charge in [-0.3, -0.25) is 4.79 Å². The minimum Gasteiger partial charge on any atom is -0.508 e. The highest BCUT2D eigenvalue weighted by Gasteiger charge is 2.13. The van der Waals surface area contributed by atoms with Gasteiger partial charge in [-0.25, -0.2) is 4.98 Å². The number of thioether (sulfide) groups is 1. The lowest BCUT2D eigenvalue weighted by Crippen LogP contribution is -2.13. The van der Waals surface area contributed by atoms with E-state index in [9.17, 15) is 9.90 Å². The van der Waals surface area contributed by atoms with Crippen LogP contribution in [0.5, 0.6) is 5.75 Å². The fourth-order valence-electron chi connectivity index (χ4n) is 2.36. The Morgan fingerprint density at radius 2 is 2.04 bits per heavy atom. The monoisotopic (exact) mass is 398 g/mol. The van der Waals surface area contributed by atoms with Crippen molar-refractivity contribution in [3.05, 3.63) is 48.0 Å². The molecule has 0 atom stereocenters. The molecule has 2 aromatic carbocycles. The van der Waals surface area contributed by atoms with Crippen LogP contribution in [0.25, 0.3) is 21.7 Å². The second-order valence-corrected chi connectivity index (χ2v) is 7.70. The Kier molecular flexibility index (Phi) is 4.78. The Labute approximate surface area is 162 Å². The Morgan fingerprint density at radius 1 is 1.22 bits per heavy atom. The average Bonchev–Trinajstić information content (AvgIpc) is 3.26. The van der Waals surface area contributed by atoms with Crippen molar-refractivity contribution in [1.82, 2.24) is 15.2 Å². The van der Waals surface area contributed by atoms with Crippen molar-refractivity contribution in [2.24, 2.45) is 0 Å². The Bertz CT molecular complexity index is 1110. The van der Waals surface area contributed by atoms with Gasteiger partial charge in [0.1, 0.15) is 5.75 Å². The zero-order valence-corrected chi connectivity index (χ0v) is 15.8. The smallest absolute Gasteiger partial charge is 0.277 e. The topological polar surface area (TPSA) is 101 Å². The summed E-state index contributed by atoms with van der Waals surface area (Å²) in [5.41, 5.74) is 2.71. The van der Waals surface area contributed by atoms with Gasteiger partial charge in [0, 0.05) is 5.56 Å². The number of aromatic nitrogens is 3. The lowest BCUT2D eigenvalue weighted by Gasteiger charge is -1.98. The van der Waals surface area contributed by atoms with Crippen molar-refractivity contribution in [2.45, 2.75) is 12.1 Å². The molecule has 136 valence electrons. The molecule has 1 amide bonds. The third-order valence-corrected chi connectivity index (χ3v) is 5.39. The number of aromatic hydroxyl groups is 1.